The van der Waals surface area contributed by atoms with Gasteiger partial charge in [0.25, 0.3) is 0 Å². The minimum Gasteiger partial charge on any atom is -0.268 e. The number of nitrogens with two attached hydrogens (primary N) is 1. The van der Waals surface area contributed by atoms with Crippen LogP contribution in [0.1, 0.15) is 16.7 Å². The second-order valence-corrected chi connectivity index (χ2v) is 4.20. The first-order chi connectivity index (χ1) is 8.78. The van der Waals surface area contributed by atoms with Crippen LogP contribution in [-0.4, -0.2) is 5.01 Å². The van der Waals surface area contributed by atoms with Crippen LogP contribution in [-0.2, 0) is 13.1 Å². The Morgan fingerprint density at radius 2 is 1.61 bits per heavy atom. The zero-order valence-electron chi connectivity index (χ0n) is 10.1. The molecular formula is C15H15N3. The molecule has 0 spiro atoms. The summed E-state index contributed by atoms with van der Waals surface area (Å²) in [6.45, 7) is 1.32. The molecule has 0 aromatic heterocycles. The summed E-state index contributed by atoms with van der Waals surface area (Å²) in [6, 6.07) is 19.7. The molecule has 0 unspecified atom stereocenters. The summed E-state index contributed by atoms with van der Waals surface area (Å²) in [5.74, 6) is 5.98. The second kappa shape index (κ2) is 5.97. The molecule has 0 bridgehead atoms. The lowest BCUT2D eigenvalue weighted by Gasteiger charge is -2.16. The van der Waals surface area contributed by atoms with Gasteiger partial charge in [0, 0.05) is 13.1 Å². The van der Waals surface area contributed by atoms with E-state index in [0.717, 1.165) is 5.56 Å². The summed E-state index contributed by atoms with van der Waals surface area (Å²) in [5, 5.41) is 10.6. The summed E-state index contributed by atoms with van der Waals surface area (Å²) in [5.41, 5.74) is 2.89. The Kier molecular flexibility index (Phi) is 4.08. The van der Waals surface area contributed by atoms with Gasteiger partial charge in [0.05, 0.1) is 11.6 Å². The predicted octanol–water partition coefficient (Wildman–Crippen LogP) is 2.43. The fourth-order valence-electron chi connectivity index (χ4n) is 1.85. The van der Waals surface area contributed by atoms with Crippen LogP contribution in [0.2, 0.25) is 0 Å². The van der Waals surface area contributed by atoms with E-state index in [0.29, 0.717) is 18.7 Å². The van der Waals surface area contributed by atoms with Crippen molar-refractivity contribution in [3.63, 3.8) is 0 Å². The summed E-state index contributed by atoms with van der Waals surface area (Å²) in [7, 11) is 0. The number of benzene rings is 2. The van der Waals surface area contributed by atoms with Crippen LogP contribution < -0.4 is 5.84 Å². The molecule has 0 aliphatic carbocycles. The summed E-state index contributed by atoms with van der Waals surface area (Å²) in [4.78, 5) is 0. The van der Waals surface area contributed by atoms with Crippen molar-refractivity contribution in [2.24, 2.45) is 5.84 Å². The molecule has 0 fully saturated rings. The molecule has 0 saturated heterocycles. The van der Waals surface area contributed by atoms with Gasteiger partial charge in [-0.1, -0.05) is 42.5 Å². The highest BCUT2D eigenvalue weighted by Crippen LogP contribution is 2.08. The van der Waals surface area contributed by atoms with Crippen LogP contribution in [0.15, 0.2) is 54.6 Å². The van der Waals surface area contributed by atoms with Gasteiger partial charge < -0.3 is 0 Å². The van der Waals surface area contributed by atoms with Crippen molar-refractivity contribution in [2.75, 3.05) is 0 Å². The summed E-state index contributed by atoms with van der Waals surface area (Å²) < 4.78 is 0. The highest BCUT2D eigenvalue weighted by atomic mass is 15.4. The van der Waals surface area contributed by atoms with Crippen molar-refractivity contribution < 1.29 is 0 Å². The van der Waals surface area contributed by atoms with Crippen LogP contribution >= 0.6 is 0 Å². The molecule has 0 aliphatic heterocycles. The van der Waals surface area contributed by atoms with Gasteiger partial charge in [-0.3, -0.25) is 5.84 Å². The molecule has 0 aliphatic rings. The molecule has 2 N–H and O–H groups in total. The average Bonchev–Trinajstić information content (AvgIpc) is 2.40. The highest BCUT2D eigenvalue weighted by Gasteiger charge is 2.02. The Bertz CT molecular complexity index is 543. The SMILES string of the molecule is N#Cc1cccc(CN(N)Cc2ccccc2)c1. The van der Waals surface area contributed by atoms with Gasteiger partial charge in [-0.25, -0.2) is 5.01 Å². The third-order valence-electron chi connectivity index (χ3n) is 2.67. The van der Waals surface area contributed by atoms with E-state index < -0.39 is 0 Å². The van der Waals surface area contributed by atoms with Gasteiger partial charge in [-0.15, -0.1) is 0 Å². The van der Waals surface area contributed by atoms with E-state index in [2.05, 4.69) is 6.07 Å². The van der Waals surface area contributed by atoms with Gasteiger partial charge in [0.15, 0.2) is 0 Å². The van der Waals surface area contributed by atoms with Gasteiger partial charge in [0.2, 0.25) is 0 Å². The first kappa shape index (κ1) is 12.3. The maximum Gasteiger partial charge on any atom is 0.0991 e. The number of rotatable bonds is 4. The van der Waals surface area contributed by atoms with Gasteiger partial charge >= 0.3 is 0 Å². The minimum absolute atomic E-state index is 0.629. The van der Waals surface area contributed by atoms with E-state index in [9.17, 15) is 0 Å². The minimum atomic E-state index is 0.629. The van der Waals surface area contributed by atoms with Crippen molar-refractivity contribution in [3.05, 3.63) is 71.3 Å². The third-order valence-corrected chi connectivity index (χ3v) is 2.67. The topological polar surface area (TPSA) is 53.0 Å². The molecule has 0 saturated carbocycles. The highest BCUT2D eigenvalue weighted by molar-refractivity contribution is 5.32. The van der Waals surface area contributed by atoms with Crippen molar-refractivity contribution in [1.82, 2.24) is 5.01 Å². The van der Waals surface area contributed by atoms with Crippen LogP contribution in [0.4, 0.5) is 0 Å². The van der Waals surface area contributed by atoms with E-state index >= 15 is 0 Å². The Balaban J connectivity index is 1.99. The van der Waals surface area contributed by atoms with Gasteiger partial charge in [0.1, 0.15) is 0 Å². The van der Waals surface area contributed by atoms with Crippen molar-refractivity contribution in [2.45, 2.75) is 13.1 Å². The molecular weight excluding hydrogens is 222 g/mol. The van der Waals surface area contributed by atoms with E-state index in [1.807, 2.05) is 48.5 Å². The lowest BCUT2D eigenvalue weighted by Crippen LogP contribution is -2.29. The normalized spacial score (nSPS) is 10.3. The lowest BCUT2D eigenvalue weighted by atomic mass is 10.1. The Morgan fingerprint density at radius 1 is 0.944 bits per heavy atom. The van der Waals surface area contributed by atoms with E-state index in [4.69, 9.17) is 11.1 Å². The molecule has 2 rings (SSSR count). The van der Waals surface area contributed by atoms with Crippen LogP contribution in [0.5, 0.6) is 0 Å². The Labute approximate surface area is 107 Å². The van der Waals surface area contributed by atoms with Crippen molar-refractivity contribution in [1.29, 1.82) is 5.26 Å². The molecule has 90 valence electrons. The summed E-state index contributed by atoms with van der Waals surface area (Å²) >= 11 is 0. The standard InChI is InChI=1S/C15H15N3/c16-10-14-7-4-8-15(9-14)12-18(17)11-13-5-2-1-3-6-13/h1-9H,11-12,17H2. The molecule has 0 amide bonds. The molecule has 18 heavy (non-hydrogen) atoms. The first-order valence-electron chi connectivity index (χ1n) is 5.80. The maximum absolute atomic E-state index is 8.84. The zero-order valence-corrected chi connectivity index (χ0v) is 10.1. The molecule has 2 aromatic carbocycles. The number of nitriles is 1. The molecule has 0 radical (unpaired) electrons. The Hall–Kier alpha value is -2.15. The van der Waals surface area contributed by atoms with Crippen molar-refractivity contribution >= 4 is 0 Å². The number of nitrogens with zero attached hydrogens (tertiary/aromatic N) is 2. The van der Waals surface area contributed by atoms with Crippen LogP contribution in [0.25, 0.3) is 0 Å². The first-order valence-corrected chi connectivity index (χ1v) is 5.80. The van der Waals surface area contributed by atoms with Crippen molar-refractivity contribution in [3.8, 4) is 6.07 Å². The smallest absolute Gasteiger partial charge is 0.0991 e. The Morgan fingerprint density at radius 3 is 2.33 bits per heavy atom. The molecule has 0 heterocycles. The number of hydrogen-bond acceptors (Lipinski definition) is 3. The maximum atomic E-state index is 8.84. The average molecular weight is 237 g/mol. The largest absolute Gasteiger partial charge is 0.268 e. The molecule has 3 nitrogen and oxygen atoms in total. The summed E-state index contributed by atoms with van der Waals surface area (Å²) in [6.07, 6.45) is 0. The quantitative estimate of drug-likeness (QED) is 0.656. The van der Waals surface area contributed by atoms with E-state index in [1.54, 1.807) is 11.1 Å². The van der Waals surface area contributed by atoms with Crippen LogP contribution in [0.3, 0.4) is 0 Å². The van der Waals surface area contributed by atoms with Gasteiger partial charge in [-0.2, -0.15) is 5.26 Å². The molecule has 3 heteroatoms. The second-order valence-electron chi connectivity index (χ2n) is 4.20. The van der Waals surface area contributed by atoms with Crippen LogP contribution in [0, 0.1) is 11.3 Å². The molecule has 0 atom stereocenters. The number of hydrogen-bond donors (Lipinski definition) is 1. The van der Waals surface area contributed by atoms with E-state index in [1.165, 1.54) is 5.56 Å². The zero-order chi connectivity index (χ0) is 12.8. The monoisotopic (exact) mass is 237 g/mol. The van der Waals surface area contributed by atoms with E-state index in [-0.39, 0.29) is 0 Å². The third kappa shape index (κ3) is 3.42. The number of hydrazine groups is 1. The van der Waals surface area contributed by atoms with Gasteiger partial charge in [-0.05, 0) is 23.3 Å². The fourth-order valence-corrected chi connectivity index (χ4v) is 1.85. The fraction of sp³-hybridized carbons (Fsp3) is 0.133. The molecule has 2 aromatic rings. The lowest BCUT2D eigenvalue weighted by molar-refractivity contribution is 0.266. The predicted molar refractivity (Wildman–Crippen MR) is 71.0 cm³/mol.